The van der Waals surface area contributed by atoms with Crippen molar-refractivity contribution in [3.8, 4) is 0 Å². The molecule has 0 aromatic carbocycles. The molecule has 0 aliphatic carbocycles. The van der Waals surface area contributed by atoms with E-state index < -0.39 is 11.2 Å². The molecule has 0 radical (unpaired) electrons. The van der Waals surface area contributed by atoms with Gasteiger partial charge >= 0.3 is 5.69 Å². The molecular formula is C16H18N4O5. The Morgan fingerprint density at radius 1 is 1.16 bits per heavy atom. The van der Waals surface area contributed by atoms with Crippen molar-refractivity contribution in [1.29, 1.82) is 0 Å². The summed E-state index contributed by atoms with van der Waals surface area (Å²) in [5, 5.41) is 0. The number of nitrogens with one attached hydrogen (secondary N) is 1. The van der Waals surface area contributed by atoms with E-state index in [1.165, 1.54) is 17.0 Å². The van der Waals surface area contributed by atoms with E-state index in [2.05, 4.69) is 4.98 Å². The zero-order chi connectivity index (χ0) is 18.0. The van der Waals surface area contributed by atoms with E-state index in [0.717, 1.165) is 0 Å². The average Bonchev–Trinajstić information content (AvgIpc) is 3.13. The number of aryl methyl sites for hydroxylation is 1. The highest BCUT2D eigenvalue weighted by molar-refractivity contribution is 5.91. The van der Waals surface area contributed by atoms with E-state index in [-0.39, 0.29) is 24.1 Å². The van der Waals surface area contributed by atoms with Gasteiger partial charge < -0.3 is 14.2 Å². The van der Waals surface area contributed by atoms with Crippen molar-refractivity contribution in [3.63, 3.8) is 0 Å². The van der Waals surface area contributed by atoms with Crippen molar-refractivity contribution >= 4 is 11.8 Å². The number of carbonyl (C=O) groups excluding carboxylic acids is 2. The van der Waals surface area contributed by atoms with Gasteiger partial charge in [-0.05, 0) is 19.1 Å². The molecule has 3 heterocycles. The summed E-state index contributed by atoms with van der Waals surface area (Å²) in [5.74, 6) is -0.168. The zero-order valence-corrected chi connectivity index (χ0v) is 13.7. The molecule has 1 N–H and O–H groups in total. The smallest absolute Gasteiger partial charge is 0.328 e. The van der Waals surface area contributed by atoms with E-state index in [9.17, 15) is 19.2 Å². The predicted molar refractivity (Wildman–Crippen MR) is 87.3 cm³/mol. The minimum absolute atomic E-state index is 0.150. The molecule has 132 valence electrons. The molecule has 0 unspecified atom stereocenters. The molecule has 1 aliphatic rings. The predicted octanol–water partition coefficient (Wildman–Crippen LogP) is -0.577. The van der Waals surface area contributed by atoms with Crippen molar-refractivity contribution < 1.29 is 14.0 Å². The van der Waals surface area contributed by atoms with Crippen LogP contribution in [0.3, 0.4) is 0 Å². The fourth-order valence-corrected chi connectivity index (χ4v) is 2.70. The first-order valence-electron chi connectivity index (χ1n) is 7.86. The zero-order valence-electron chi connectivity index (χ0n) is 13.7. The molecule has 0 spiro atoms. The van der Waals surface area contributed by atoms with Crippen LogP contribution in [0.25, 0.3) is 0 Å². The number of hydrogen-bond acceptors (Lipinski definition) is 5. The number of piperazine rings is 1. The Morgan fingerprint density at radius 2 is 1.84 bits per heavy atom. The number of aromatic nitrogens is 2. The summed E-state index contributed by atoms with van der Waals surface area (Å²) in [6, 6.07) is 3.25. The number of H-pyrrole nitrogens is 1. The van der Waals surface area contributed by atoms with E-state index in [1.54, 1.807) is 28.9 Å². The Labute approximate surface area is 142 Å². The first-order valence-corrected chi connectivity index (χ1v) is 7.86. The normalized spacial score (nSPS) is 14.6. The van der Waals surface area contributed by atoms with Crippen LogP contribution in [0.5, 0.6) is 0 Å². The van der Waals surface area contributed by atoms with E-state index >= 15 is 0 Å². The quantitative estimate of drug-likeness (QED) is 0.800. The van der Waals surface area contributed by atoms with Gasteiger partial charge in [0.1, 0.15) is 6.54 Å². The van der Waals surface area contributed by atoms with Crippen molar-refractivity contribution in [2.24, 2.45) is 0 Å². The minimum atomic E-state index is -0.615. The maximum atomic E-state index is 12.4. The molecule has 1 fully saturated rings. The van der Waals surface area contributed by atoms with Crippen LogP contribution in [-0.2, 0) is 11.3 Å². The Bertz CT molecular complexity index is 888. The second-order valence-corrected chi connectivity index (χ2v) is 5.85. The Morgan fingerprint density at radius 3 is 2.48 bits per heavy atom. The van der Waals surface area contributed by atoms with Crippen LogP contribution < -0.4 is 11.2 Å². The lowest BCUT2D eigenvalue weighted by atomic mass is 10.2. The van der Waals surface area contributed by atoms with E-state index in [4.69, 9.17) is 4.42 Å². The van der Waals surface area contributed by atoms with Crippen molar-refractivity contribution in [2.45, 2.75) is 13.5 Å². The third-order valence-electron chi connectivity index (χ3n) is 4.15. The topological polar surface area (TPSA) is 109 Å². The van der Waals surface area contributed by atoms with E-state index in [0.29, 0.717) is 31.7 Å². The van der Waals surface area contributed by atoms with Crippen LogP contribution in [0.2, 0.25) is 0 Å². The largest absolute Gasteiger partial charge is 0.459 e. The highest BCUT2D eigenvalue weighted by atomic mass is 16.3. The summed E-state index contributed by atoms with van der Waals surface area (Å²) < 4.78 is 6.28. The molecule has 2 amide bonds. The number of aromatic amines is 1. The summed E-state index contributed by atoms with van der Waals surface area (Å²) in [4.78, 5) is 53.1. The molecule has 0 saturated carbocycles. The highest BCUT2D eigenvalue weighted by Gasteiger charge is 2.26. The van der Waals surface area contributed by atoms with Crippen molar-refractivity contribution in [1.82, 2.24) is 19.4 Å². The third-order valence-corrected chi connectivity index (χ3v) is 4.15. The molecule has 2 aromatic rings. The molecule has 0 atom stereocenters. The van der Waals surface area contributed by atoms with Crippen molar-refractivity contribution in [3.05, 3.63) is 56.8 Å². The minimum Gasteiger partial charge on any atom is -0.459 e. The number of furan rings is 1. The fourth-order valence-electron chi connectivity index (χ4n) is 2.70. The third kappa shape index (κ3) is 3.54. The molecular weight excluding hydrogens is 328 g/mol. The first kappa shape index (κ1) is 16.7. The molecule has 1 saturated heterocycles. The lowest BCUT2D eigenvalue weighted by molar-refractivity contribution is -0.133. The van der Waals surface area contributed by atoms with Crippen molar-refractivity contribution in [2.75, 3.05) is 26.2 Å². The number of rotatable bonds is 3. The first-order chi connectivity index (χ1) is 12.0. The monoisotopic (exact) mass is 346 g/mol. The van der Waals surface area contributed by atoms with Gasteiger partial charge in [0.15, 0.2) is 5.76 Å². The standard InChI is InChI=1S/C16H18N4O5/c1-11-9-20(16(24)17-14(11)22)10-13(21)18-4-6-19(7-5-18)15(23)12-3-2-8-25-12/h2-3,8-9H,4-7,10H2,1H3,(H,17,22,24). The SMILES string of the molecule is Cc1cn(CC(=O)N2CCN(C(=O)c3ccco3)CC2)c(=O)[nH]c1=O. The van der Waals surface area contributed by atoms with Crippen LogP contribution >= 0.6 is 0 Å². The Hall–Kier alpha value is -3.10. The van der Waals surface area contributed by atoms with Gasteiger partial charge in [0.2, 0.25) is 5.91 Å². The van der Waals surface area contributed by atoms with Gasteiger partial charge in [-0.25, -0.2) is 4.79 Å². The van der Waals surface area contributed by atoms with E-state index in [1.807, 2.05) is 0 Å². The molecule has 2 aromatic heterocycles. The molecule has 9 heteroatoms. The maximum Gasteiger partial charge on any atom is 0.328 e. The Balaban J connectivity index is 1.60. The number of amides is 2. The Kier molecular flexibility index (Phi) is 4.55. The summed E-state index contributed by atoms with van der Waals surface area (Å²) in [6.45, 7) is 2.96. The second-order valence-electron chi connectivity index (χ2n) is 5.85. The van der Waals surface area contributed by atoms with Crippen LogP contribution in [0, 0.1) is 6.92 Å². The van der Waals surface area contributed by atoms with Gasteiger partial charge in [-0.1, -0.05) is 0 Å². The van der Waals surface area contributed by atoms with Crippen LogP contribution in [0.15, 0.2) is 38.6 Å². The molecule has 25 heavy (non-hydrogen) atoms. The number of nitrogens with zero attached hydrogens (tertiary/aromatic N) is 3. The lowest BCUT2D eigenvalue weighted by Crippen LogP contribution is -2.51. The highest BCUT2D eigenvalue weighted by Crippen LogP contribution is 2.09. The molecule has 3 rings (SSSR count). The van der Waals surface area contributed by atoms with Gasteiger partial charge in [0, 0.05) is 37.9 Å². The summed E-state index contributed by atoms with van der Waals surface area (Å²) in [7, 11) is 0. The summed E-state index contributed by atoms with van der Waals surface area (Å²) >= 11 is 0. The molecule has 0 bridgehead atoms. The van der Waals surface area contributed by atoms with Crippen LogP contribution in [0.4, 0.5) is 0 Å². The van der Waals surface area contributed by atoms with Gasteiger partial charge in [0.25, 0.3) is 11.5 Å². The molecule has 1 aliphatic heterocycles. The number of carbonyl (C=O) groups is 2. The van der Waals surface area contributed by atoms with Gasteiger partial charge in [-0.3, -0.25) is 23.9 Å². The summed E-state index contributed by atoms with van der Waals surface area (Å²) in [6.07, 6.45) is 2.81. The number of hydrogen-bond donors (Lipinski definition) is 1. The van der Waals surface area contributed by atoms with Gasteiger partial charge in [0.05, 0.1) is 6.26 Å². The summed E-state index contributed by atoms with van der Waals surface area (Å²) in [5.41, 5.74) is -0.712. The van der Waals surface area contributed by atoms with Crippen LogP contribution in [-0.4, -0.2) is 57.3 Å². The van der Waals surface area contributed by atoms with Gasteiger partial charge in [-0.2, -0.15) is 0 Å². The second kappa shape index (κ2) is 6.80. The maximum absolute atomic E-state index is 12.4. The van der Waals surface area contributed by atoms with Gasteiger partial charge in [-0.15, -0.1) is 0 Å². The van der Waals surface area contributed by atoms with Crippen LogP contribution in [0.1, 0.15) is 16.1 Å². The fraction of sp³-hybridized carbons (Fsp3) is 0.375. The lowest BCUT2D eigenvalue weighted by Gasteiger charge is -2.34. The molecule has 9 nitrogen and oxygen atoms in total. The average molecular weight is 346 g/mol.